The summed E-state index contributed by atoms with van der Waals surface area (Å²) in [5.41, 5.74) is 5.97. The first-order valence-corrected chi connectivity index (χ1v) is 7.66. The van der Waals surface area contributed by atoms with Crippen molar-refractivity contribution in [2.45, 2.75) is 37.8 Å². The van der Waals surface area contributed by atoms with E-state index >= 15 is 0 Å². The number of nitrogens with two attached hydrogens (primary N) is 1. The van der Waals surface area contributed by atoms with Crippen LogP contribution in [0.2, 0.25) is 0 Å². The minimum absolute atomic E-state index is 0.0964. The van der Waals surface area contributed by atoms with Crippen LogP contribution in [0, 0.1) is 5.92 Å². The average Bonchev–Trinajstić information content (AvgIpc) is 3.08. The van der Waals surface area contributed by atoms with E-state index in [1.165, 1.54) is 18.4 Å². The molecule has 110 valence electrons. The summed E-state index contributed by atoms with van der Waals surface area (Å²) in [5.74, 6) is -0.371. The first kappa shape index (κ1) is 15.0. The molecule has 1 aromatic heterocycles. The number of thiophene rings is 1. The Bertz CT molecular complexity index is 461. The predicted molar refractivity (Wildman–Crippen MR) is 77.2 cm³/mol. The summed E-state index contributed by atoms with van der Waals surface area (Å²) in [6.07, 6.45) is 3.41. The number of carbonyl (C=O) groups excluding carboxylic acids is 2. The van der Waals surface area contributed by atoms with Crippen molar-refractivity contribution in [1.29, 1.82) is 0 Å². The van der Waals surface area contributed by atoms with E-state index in [2.05, 4.69) is 5.32 Å². The largest absolute Gasteiger partial charge is 0.467 e. The molecule has 0 aliphatic heterocycles. The summed E-state index contributed by atoms with van der Waals surface area (Å²) in [6, 6.07) is 3.03. The van der Waals surface area contributed by atoms with Gasteiger partial charge in [-0.15, -0.1) is 11.3 Å². The van der Waals surface area contributed by atoms with Gasteiger partial charge in [-0.25, -0.2) is 4.79 Å². The number of nitrogens with one attached hydrogen (secondary N) is 1. The Hall–Kier alpha value is -1.40. The second kappa shape index (κ2) is 6.85. The van der Waals surface area contributed by atoms with Crippen LogP contribution < -0.4 is 11.1 Å². The van der Waals surface area contributed by atoms with Crippen molar-refractivity contribution in [3.8, 4) is 0 Å². The molecule has 3 N–H and O–H groups in total. The molecule has 2 rings (SSSR count). The van der Waals surface area contributed by atoms with Crippen LogP contribution in [0.5, 0.6) is 0 Å². The first-order valence-electron chi connectivity index (χ1n) is 6.78. The molecule has 1 fully saturated rings. The molecule has 1 unspecified atom stereocenters. The highest BCUT2D eigenvalue weighted by atomic mass is 32.1. The van der Waals surface area contributed by atoms with Gasteiger partial charge in [-0.1, -0.05) is 12.5 Å². The maximum atomic E-state index is 12.1. The Morgan fingerprint density at radius 2 is 2.35 bits per heavy atom. The minimum atomic E-state index is -0.717. The molecule has 1 heterocycles. The van der Waals surface area contributed by atoms with E-state index in [4.69, 9.17) is 10.5 Å². The fourth-order valence-corrected chi connectivity index (χ4v) is 3.36. The maximum absolute atomic E-state index is 12.1. The summed E-state index contributed by atoms with van der Waals surface area (Å²) in [7, 11) is 1.32. The highest BCUT2D eigenvalue weighted by Crippen LogP contribution is 2.27. The highest BCUT2D eigenvalue weighted by Gasteiger charge is 2.29. The summed E-state index contributed by atoms with van der Waals surface area (Å²) < 4.78 is 4.76. The molecule has 0 spiro atoms. The third-order valence-corrected chi connectivity index (χ3v) is 4.67. The molecule has 0 radical (unpaired) electrons. The quantitative estimate of drug-likeness (QED) is 0.809. The lowest BCUT2D eigenvalue weighted by Crippen LogP contribution is -2.37. The number of hydrogen-bond acceptors (Lipinski definition) is 5. The third kappa shape index (κ3) is 3.58. The van der Waals surface area contributed by atoms with Crippen molar-refractivity contribution in [2.75, 3.05) is 7.11 Å². The van der Waals surface area contributed by atoms with Gasteiger partial charge in [0.1, 0.15) is 0 Å². The first-order chi connectivity index (χ1) is 9.61. The van der Waals surface area contributed by atoms with Gasteiger partial charge in [0.25, 0.3) is 0 Å². The number of amides is 1. The van der Waals surface area contributed by atoms with E-state index in [0.29, 0.717) is 6.42 Å². The SMILES string of the molecule is COC(=O)C(NC(=O)C[C@@H]1CCC[C@H]1N)c1cccs1. The zero-order chi connectivity index (χ0) is 14.5. The van der Waals surface area contributed by atoms with Crippen LogP contribution >= 0.6 is 11.3 Å². The van der Waals surface area contributed by atoms with Gasteiger partial charge >= 0.3 is 5.97 Å². The van der Waals surface area contributed by atoms with Crippen molar-refractivity contribution in [3.63, 3.8) is 0 Å². The molecule has 1 amide bonds. The minimum Gasteiger partial charge on any atom is -0.467 e. The fourth-order valence-electron chi connectivity index (χ4n) is 2.60. The lowest BCUT2D eigenvalue weighted by molar-refractivity contribution is -0.145. The zero-order valence-electron chi connectivity index (χ0n) is 11.5. The van der Waals surface area contributed by atoms with Crippen molar-refractivity contribution in [3.05, 3.63) is 22.4 Å². The van der Waals surface area contributed by atoms with Gasteiger partial charge < -0.3 is 15.8 Å². The molecule has 3 atom stereocenters. The number of rotatable bonds is 5. The van der Waals surface area contributed by atoms with Crippen molar-refractivity contribution < 1.29 is 14.3 Å². The third-order valence-electron chi connectivity index (χ3n) is 3.74. The smallest absolute Gasteiger partial charge is 0.333 e. The van der Waals surface area contributed by atoms with Gasteiger partial charge in [-0.3, -0.25) is 4.79 Å². The van der Waals surface area contributed by atoms with Crippen LogP contribution in [0.25, 0.3) is 0 Å². The Labute approximate surface area is 122 Å². The predicted octanol–water partition coefficient (Wildman–Crippen LogP) is 1.60. The van der Waals surface area contributed by atoms with Crippen LogP contribution in [0.1, 0.15) is 36.6 Å². The lowest BCUT2D eigenvalue weighted by atomic mass is 9.99. The van der Waals surface area contributed by atoms with Crippen LogP contribution in [-0.4, -0.2) is 25.0 Å². The monoisotopic (exact) mass is 296 g/mol. The second-order valence-corrected chi connectivity index (χ2v) is 6.08. The molecule has 6 heteroatoms. The number of esters is 1. The molecular weight excluding hydrogens is 276 g/mol. The number of carbonyl (C=O) groups is 2. The van der Waals surface area contributed by atoms with Crippen LogP contribution in [0.4, 0.5) is 0 Å². The topological polar surface area (TPSA) is 81.4 Å². The molecule has 0 bridgehead atoms. The molecule has 0 saturated heterocycles. The standard InChI is InChI=1S/C14H20N2O3S/c1-19-14(18)13(11-6-3-7-20-11)16-12(17)8-9-4-2-5-10(9)15/h3,6-7,9-10,13H,2,4-5,8,15H2,1H3,(H,16,17)/t9-,10+,13?/m0/s1. The average molecular weight is 296 g/mol. The Morgan fingerprint density at radius 3 is 2.90 bits per heavy atom. The molecule has 1 aliphatic rings. The van der Waals surface area contributed by atoms with E-state index in [1.807, 2.05) is 17.5 Å². The van der Waals surface area contributed by atoms with Crippen molar-refractivity contribution in [1.82, 2.24) is 5.32 Å². The van der Waals surface area contributed by atoms with Gasteiger partial charge in [0.2, 0.25) is 5.91 Å². The van der Waals surface area contributed by atoms with Gasteiger partial charge in [0.15, 0.2) is 6.04 Å². The highest BCUT2D eigenvalue weighted by molar-refractivity contribution is 7.10. The zero-order valence-corrected chi connectivity index (χ0v) is 12.3. The number of ether oxygens (including phenoxy) is 1. The molecule has 1 saturated carbocycles. The maximum Gasteiger partial charge on any atom is 0.333 e. The second-order valence-electron chi connectivity index (χ2n) is 5.10. The van der Waals surface area contributed by atoms with Crippen molar-refractivity contribution in [2.24, 2.45) is 11.7 Å². The molecular formula is C14H20N2O3S. The van der Waals surface area contributed by atoms with Crippen LogP contribution in [-0.2, 0) is 14.3 Å². The summed E-state index contributed by atoms with van der Waals surface area (Å²) in [5, 5.41) is 4.62. The Morgan fingerprint density at radius 1 is 1.55 bits per heavy atom. The molecule has 1 aliphatic carbocycles. The van der Waals surface area contributed by atoms with E-state index in [-0.39, 0.29) is 17.9 Å². The Balaban J connectivity index is 1.97. The number of methoxy groups -OCH3 is 1. The van der Waals surface area contributed by atoms with Crippen molar-refractivity contribution >= 4 is 23.2 Å². The fraction of sp³-hybridized carbons (Fsp3) is 0.571. The van der Waals surface area contributed by atoms with Gasteiger partial charge in [0, 0.05) is 17.3 Å². The van der Waals surface area contributed by atoms with E-state index in [9.17, 15) is 9.59 Å². The van der Waals surface area contributed by atoms with Crippen LogP contribution in [0.3, 0.4) is 0 Å². The van der Waals surface area contributed by atoms with E-state index in [1.54, 1.807) is 0 Å². The van der Waals surface area contributed by atoms with E-state index < -0.39 is 12.0 Å². The van der Waals surface area contributed by atoms with Crippen LogP contribution in [0.15, 0.2) is 17.5 Å². The van der Waals surface area contributed by atoms with Gasteiger partial charge in [-0.2, -0.15) is 0 Å². The van der Waals surface area contributed by atoms with Gasteiger partial charge in [-0.05, 0) is 30.2 Å². The lowest BCUT2D eigenvalue weighted by Gasteiger charge is -2.18. The molecule has 0 aromatic carbocycles. The normalized spacial score (nSPS) is 23.3. The van der Waals surface area contributed by atoms with E-state index in [0.717, 1.165) is 24.1 Å². The van der Waals surface area contributed by atoms with Gasteiger partial charge in [0.05, 0.1) is 7.11 Å². The molecule has 1 aromatic rings. The number of hydrogen-bond donors (Lipinski definition) is 2. The summed E-state index contributed by atoms with van der Waals surface area (Å²) in [6.45, 7) is 0. The molecule has 5 nitrogen and oxygen atoms in total. The summed E-state index contributed by atoms with van der Waals surface area (Å²) in [4.78, 5) is 24.7. The Kier molecular flexibility index (Phi) is 5.14. The summed E-state index contributed by atoms with van der Waals surface area (Å²) >= 11 is 1.42. The molecule has 20 heavy (non-hydrogen) atoms.